The summed E-state index contributed by atoms with van der Waals surface area (Å²) < 4.78 is 54.5. The van der Waals surface area contributed by atoms with Gasteiger partial charge in [-0.05, 0) is 49.6 Å². The zero-order valence-corrected chi connectivity index (χ0v) is 18.8. The lowest BCUT2D eigenvalue weighted by Gasteiger charge is -2.30. The number of piperidine rings is 1. The monoisotopic (exact) mass is 485 g/mol. The highest BCUT2D eigenvalue weighted by Crippen LogP contribution is 2.32. The van der Waals surface area contributed by atoms with Gasteiger partial charge in [0.15, 0.2) is 5.13 Å². The van der Waals surface area contributed by atoms with Crippen LogP contribution >= 0.6 is 22.9 Å². The molecule has 0 atom stereocenters. The van der Waals surface area contributed by atoms with E-state index in [-0.39, 0.29) is 31.8 Å². The van der Waals surface area contributed by atoms with Crippen LogP contribution in [-0.4, -0.2) is 36.7 Å². The third-order valence-corrected chi connectivity index (χ3v) is 8.59. The molecule has 2 heterocycles. The van der Waals surface area contributed by atoms with Crippen molar-refractivity contribution in [2.75, 3.05) is 18.4 Å². The van der Waals surface area contributed by atoms with Gasteiger partial charge in [0.05, 0.1) is 10.2 Å². The molecule has 0 spiro atoms. The molecule has 4 rings (SSSR count). The zero-order valence-electron chi connectivity index (χ0n) is 16.4. The van der Waals surface area contributed by atoms with E-state index in [0.717, 1.165) is 32.2 Å². The number of fused-ring (bicyclic) bond motifs is 1. The molecule has 3 aromatic rings. The number of sulfonamides is 1. The molecule has 11 heteroatoms. The van der Waals surface area contributed by atoms with Gasteiger partial charge in [-0.25, -0.2) is 22.2 Å². The third kappa shape index (κ3) is 4.30. The van der Waals surface area contributed by atoms with E-state index in [1.165, 1.54) is 11.3 Å². The molecule has 1 aliphatic heterocycles. The van der Waals surface area contributed by atoms with Crippen LogP contribution in [0, 0.1) is 24.5 Å². The SMILES string of the molecule is Cc1c(Cl)ccc2sc(NC(=O)C3CCN(S(=O)(=O)c4ccc(F)cc4F)CC3)nc12. The van der Waals surface area contributed by atoms with Gasteiger partial charge in [-0.1, -0.05) is 22.9 Å². The van der Waals surface area contributed by atoms with E-state index >= 15 is 0 Å². The quantitative estimate of drug-likeness (QED) is 0.587. The van der Waals surface area contributed by atoms with Gasteiger partial charge in [-0.3, -0.25) is 4.79 Å². The van der Waals surface area contributed by atoms with Crippen molar-refractivity contribution in [1.29, 1.82) is 0 Å². The van der Waals surface area contributed by atoms with Gasteiger partial charge in [0, 0.05) is 30.1 Å². The summed E-state index contributed by atoms with van der Waals surface area (Å²) >= 11 is 7.46. The molecule has 0 bridgehead atoms. The summed E-state index contributed by atoms with van der Waals surface area (Å²) in [6.07, 6.45) is 0.563. The fourth-order valence-corrected chi connectivity index (χ4v) is 6.14. The average Bonchev–Trinajstić information content (AvgIpc) is 3.14. The van der Waals surface area contributed by atoms with Gasteiger partial charge in [0.1, 0.15) is 16.5 Å². The smallest absolute Gasteiger partial charge is 0.245 e. The lowest BCUT2D eigenvalue weighted by molar-refractivity contribution is -0.120. The zero-order chi connectivity index (χ0) is 22.3. The van der Waals surface area contributed by atoms with Gasteiger partial charge in [-0.2, -0.15) is 4.31 Å². The Kier molecular flexibility index (Phi) is 5.99. The first-order valence-corrected chi connectivity index (χ1v) is 12.1. The topological polar surface area (TPSA) is 79.4 Å². The standard InChI is InChI=1S/C20H18ClF2N3O3S2/c1-11-14(21)3-4-16-18(11)24-20(30-16)25-19(27)12-6-8-26(9-7-12)31(28,29)17-5-2-13(22)10-15(17)23/h2-5,10,12H,6-9H2,1H3,(H,24,25,27). The van der Waals surface area contributed by atoms with Crippen LogP contribution in [0.3, 0.4) is 0 Å². The summed E-state index contributed by atoms with van der Waals surface area (Å²) in [5.41, 5.74) is 1.57. The maximum atomic E-state index is 14.0. The molecule has 1 N–H and O–H groups in total. The van der Waals surface area contributed by atoms with Gasteiger partial charge in [0.2, 0.25) is 15.9 Å². The largest absolute Gasteiger partial charge is 0.302 e. The second kappa shape index (κ2) is 8.42. The number of carbonyl (C=O) groups excluding carboxylic acids is 1. The molecule has 1 aromatic heterocycles. The molecule has 2 aromatic carbocycles. The molecule has 164 valence electrons. The number of carbonyl (C=O) groups is 1. The Labute approximate surface area is 186 Å². The van der Waals surface area contributed by atoms with E-state index in [9.17, 15) is 22.0 Å². The fourth-order valence-electron chi connectivity index (χ4n) is 3.54. The Morgan fingerprint density at radius 2 is 1.94 bits per heavy atom. The third-order valence-electron chi connectivity index (χ3n) is 5.31. The minimum atomic E-state index is -4.11. The number of amides is 1. The van der Waals surface area contributed by atoms with Crippen molar-refractivity contribution in [1.82, 2.24) is 9.29 Å². The van der Waals surface area contributed by atoms with Crippen LogP contribution in [0.15, 0.2) is 35.2 Å². The van der Waals surface area contributed by atoms with Crippen molar-refractivity contribution in [2.45, 2.75) is 24.7 Å². The lowest BCUT2D eigenvalue weighted by atomic mass is 9.97. The number of nitrogens with one attached hydrogen (secondary N) is 1. The number of benzene rings is 2. The maximum absolute atomic E-state index is 14.0. The van der Waals surface area contributed by atoms with Crippen LogP contribution < -0.4 is 5.32 Å². The van der Waals surface area contributed by atoms with E-state index < -0.39 is 32.5 Å². The minimum absolute atomic E-state index is 0.0613. The first-order valence-electron chi connectivity index (χ1n) is 9.48. The number of hydrogen-bond acceptors (Lipinski definition) is 5. The Bertz CT molecular complexity index is 1270. The lowest BCUT2D eigenvalue weighted by Crippen LogP contribution is -2.41. The Balaban J connectivity index is 1.42. The van der Waals surface area contributed by atoms with Gasteiger partial charge in [-0.15, -0.1) is 0 Å². The van der Waals surface area contributed by atoms with Gasteiger partial charge >= 0.3 is 0 Å². The summed E-state index contributed by atoms with van der Waals surface area (Å²) in [6.45, 7) is 1.98. The number of anilines is 1. The molecule has 0 unspecified atom stereocenters. The summed E-state index contributed by atoms with van der Waals surface area (Å²) in [5, 5.41) is 3.86. The number of aromatic nitrogens is 1. The van der Waals surface area contributed by atoms with Crippen LogP contribution in [0.1, 0.15) is 18.4 Å². The average molecular weight is 486 g/mol. The molecule has 1 aliphatic rings. The molecule has 0 saturated carbocycles. The molecular weight excluding hydrogens is 468 g/mol. The van der Waals surface area contributed by atoms with Crippen molar-refractivity contribution >= 4 is 54.2 Å². The van der Waals surface area contributed by atoms with Crippen LogP contribution in [0.4, 0.5) is 13.9 Å². The van der Waals surface area contributed by atoms with E-state index in [0.29, 0.717) is 16.2 Å². The highest BCUT2D eigenvalue weighted by Gasteiger charge is 2.34. The Morgan fingerprint density at radius 1 is 1.23 bits per heavy atom. The number of nitrogens with zero attached hydrogens (tertiary/aromatic N) is 2. The van der Waals surface area contributed by atoms with Crippen molar-refractivity contribution in [3.8, 4) is 0 Å². The Morgan fingerprint density at radius 3 is 2.61 bits per heavy atom. The molecule has 31 heavy (non-hydrogen) atoms. The highest BCUT2D eigenvalue weighted by molar-refractivity contribution is 7.89. The summed E-state index contributed by atoms with van der Waals surface area (Å²) in [5.74, 6) is -2.63. The molecular formula is C20H18ClF2N3O3S2. The predicted octanol–water partition coefficient (Wildman–Crippen LogP) is 4.58. The van der Waals surface area contributed by atoms with Crippen molar-refractivity contribution in [2.24, 2.45) is 5.92 Å². The summed E-state index contributed by atoms with van der Waals surface area (Å²) in [6, 6.07) is 5.99. The molecule has 0 aliphatic carbocycles. The molecule has 6 nitrogen and oxygen atoms in total. The summed E-state index contributed by atoms with van der Waals surface area (Å²) in [7, 11) is -4.11. The van der Waals surface area contributed by atoms with Crippen molar-refractivity contribution in [3.05, 3.63) is 52.6 Å². The fraction of sp³-hybridized carbons (Fsp3) is 0.300. The highest BCUT2D eigenvalue weighted by atomic mass is 35.5. The van der Waals surface area contributed by atoms with E-state index in [2.05, 4.69) is 10.3 Å². The molecule has 1 fully saturated rings. The van der Waals surface area contributed by atoms with Crippen LogP contribution in [0.2, 0.25) is 5.02 Å². The summed E-state index contributed by atoms with van der Waals surface area (Å²) in [4.78, 5) is 16.5. The van der Waals surface area contributed by atoms with E-state index in [4.69, 9.17) is 11.6 Å². The normalized spacial score (nSPS) is 16.0. The van der Waals surface area contributed by atoms with E-state index in [1.807, 2.05) is 13.0 Å². The Hall–Kier alpha value is -2.14. The second-order valence-corrected chi connectivity index (χ2v) is 10.6. The van der Waals surface area contributed by atoms with Crippen molar-refractivity contribution in [3.63, 3.8) is 0 Å². The molecule has 0 radical (unpaired) electrons. The minimum Gasteiger partial charge on any atom is -0.302 e. The first-order chi connectivity index (χ1) is 14.7. The first kappa shape index (κ1) is 22.1. The van der Waals surface area contributed by atoms with Crippen molar-refractivity contribution < 1.29 is 22.0 Å². The number of thiazole rings is 1. The maximum Gasteiger partial charge on any atom is 0.245 e. The number of halogens is 3. The second-order valence-electron chi connectivity index (χ2n) is 7.28. The molecule has 1 amide bonds. The predicted molar refractivity (Wildman–Crippen MR) is 116 cm³/mol. The van der Waals surface area contributed by atoms with Gasteiger partial charge < -0.3 is 5.32 Å². The number of aryl methyl sites for hydroxylation is 1. The number of rotatable bonds is 4. The van der Waals surface area contributed by atoms with Crippen LogP contribution in [0.5, 0.6) is 0 Å². The van der Waals surface area contributed by atoms with Crippen LogP contribution in [-0.2, 0) is 14.8 Å². The number of hydrogen-bond donors (Lipinski definition) is 1. The molecule has 1 saturated heterocycles. The van der Waals surface area contributed by atoms with Crippen LogP contribution in [0.25, 0.3) is 10.2 Å². The van der Waals surface area contributed by atoms with Gasteiger partial charge in [0.25, 0.3) is 0 Å². The van der Waals surface area contributed by atoms with E-state index in [1.54, 1.807) is 6.07 Å².